The molecule has 1 aliphatic rings. The average Bonchev–Trinajstić information content (AvgIpc) is 2.36. The summed E-state index contributed by atoms with van der Waals surface area (Å²) in [7, 11) is 0. The van der Waals surface area contributed by atoms with E-state index in [9.17, 15) is 4.79 Å². The Labute approximate surface area is 132 Å². The summed E-state index contributed by atoms with van der Waals surface area (Å²) in [4.78, 5) is 17.6. The number of halogens is 1. The van der Waals surface area contributed by atoms with Crippen LogP contribution in [0.1, 0.15) is 20.3 Å². The first kappa shape index (κ1) is 18.4. The van der Waals surface area contributed by atoms with E-state index in [-0.39, 0.29) is 36.4 Å². The Morgan fingerprint density at radius 3 is 2.63 bits per heavy atom. The molecule has 1 saturated heterocycles. The Balaban J connectivity index is 0.00000324. The highest BCUT2D eigenvalue weighted by atomic mass is 127. The van der Waals surface area contributed by atoms with Crippen molar-refractivity contribution in [2.45, 2.75) is 20.3 Å². The van der Waals surface area contributed by atoms with Crippen molar-refractivity contribution in [2.75, 3.05) is 39.4 Å². The number of carbonyl (C=O) groups excluding carboxylic acids is 1. The molecule has 1 amide bonds. The molecule has 0 aromatic carbocycles. The molecule has 0 bridgehead atoms. The van der Waals surface area contributed by atoms with E-state index in [0.717, 1.165) is 13.0 Å². The Bertz CT molecular complexity index is 291. The van der Waals surface area contributed by atoms with Gasteiger partial charge in [-0.3, -0.25) is 4.79 Å². The summed E-state index contributed by atoms with van der Waals surface area (Å²) in [5.74, 6) is 0.976. The molecule has 1 rings (SSSR count). The molecule has 0 unspecified atom stereocenters. The molecule has 19 heavy (non-hydrogen) atoms. The highest BCUT2D eigenvalue weighted by Gasteiger charge is 2.15. The number of ether oxygens (including phenoxy) is 1. The summed E-state index contributed by atoms with van der Waals surface area (Å²) in [6, 6.07) is 0. The Hall–Kier alpha value is -0.570. The monoisotopic (exact) mass is 384 g/mol. The molecule has 112 valence electrons. The largest absolute Gasteiger partial charge is 0.378 e. The highest BCUT2D eigenvalue weighted by Crippen LogP contribution is 1.98. The van der Waals surface area contributed by atoms with Crippen LogP contribution < -0.4 is 11.1 Å². The molecule has 1 aliphatic heterocycles. The van der Waals surface area contributed by atoms with E-state index in [1.54, 1.807) is 4.90 Å². The van der Waals surface area contributed by atoms with Crippen LogP contribution in [0, 0.1) is 5.92 Å². The third-order valence-electron chi connectivity index (χ3n) is 2.78. The van der Waals surface area contributed by atoms with E-state index in [1.807, 2.05) is 0 Å². The van der Waals surface area contributed by atoms with Gasteiger partial charge in [-0.15, -0.1) is 24.0 Å². The zero-order valence-corrected chi connectivity index (χ0v) is 14.1. The van der Waals surface area contributed by atoms with Crippen LogP contribution in [0.3, 0.4) is 0 Å². The fourth-order valence-electron chi connectivity index (χ4n) is 1.61. The van der Waals surface area contributed by atoms with Gasteiger partial charge in [0.15, 0.2) is 5.96 Å². The van der Waals surface area contributed by atoms with Crippen molar-refractivity contribution in [2.24, 2.45) is 16.6 Å². The molecule has 3 N–H and O–H groups in total. The second-order valence-corrected chi connectivity index (χ2v) is 4.80. The van der Waals surface area contributed by atoms with Crippen molar-refractivity contribution in [3.05, 3.63) is 0 Å². The van der Waals surface area contributed by atoms with Gasteiger partial charge in [0, 0.05) is 19.6 Å². The van der Waals surface area contributed by atoms with Crippen molar-refractivity contribution in [3.63, 3.8) is 0 Å². The highest BCUT2D eigenvalue weighted by molar-refractivity contribution is 14.0. The molecule has 6 nitrogen and oxygen atoms in total. The number of guanidine groups is 1. The van der Waals surface area contributed by atoms with Crippen LogP contribution in [0.25, 0.3) is 0 Å². The van der Waals surface area contributed by atoms with Crippen molar-refractivity contribution in [3.8, 4) is 0 Å². The molecular formula is C12H25IN4O2. The minimum Gasteiger partial charge on any atom is -0.378 e. The average molecular weight is 384 g/mol. The van der Waals surface area contributed by atoms with Crippen LogP contribution in [0.4, 0.5) is 0 Å². The smallest absolute Gasteiger partial charge is 0.244 e. The number of nitrogens with one attached hydrogen (secondary N) is 1. The number of nitrogens with zero attached hydrogens (tertiary/aromatic N) is 2. The van der Waals surface area contributed by atoms with E-state index < -0.39 is 0 Å². The lowest BCUT2D eigenvalue weighted by Gasteiger charge is -2.26. The molecule has 0 aromatic heterocycles. The van der Waals surface area contributed by atoms with Crippen LogP contribution >= 0.6 is 24.0 Å². The van der Waals surface area contributed by atoms with E-state index >= 15 is 0 Å². The number of hydrogen-bond donors (Lipinski definition) is 2. The summed E-state index contributed by atoms with van der Waals surface area (Å²) in [6.07, 6.45) is 1.04. The number of hydrogen-bond acceptors (Lipinski definition) is 3. The summed E-state index contributed by atoms with van der Waals surface area (Å²) < 4.78 is 5.18. The number of rotatable bonds is 5. The topological polar surface area (TPSA) is 79.9 Å². The summed E-state index contributed by atoms with van der Waals surface area (Å²) in [5, 5.41) is 3.00. The van der Waals surface area contributed by atoms with Crippen LogP contribution in [0.2, 0.25) is 0 Å². The van der Waals surface area contributed by atoms with Crippen LogP contribution in [0.15, 0.2) is 4.99 Å². The van der Waals surface area contributed by atoms with Gasteiger partial charge in [0.05, 0.1) is 13.2 Å². The maximum atomic E-state index is 11.8. The zero-order chi connectivity index (χ0) is 13.4. The lowest BCUT2D eigenvalue weighted by atomic mass is 10.1. The van der Waals surface area contributed by atoms with Gasteiger partial charge in [-0.1, -0.05) is 13.8 Å². The predicted molar refractivity (Wildman–Crippen MR) is 86.8 cm³/mol. The van der Waals surface area contributed by atoms with Crippen LogP contribution in [-0.2, 0) is 9.53 Å². The van der Waals surface area contributed by atoms with Crippen molar-refractivity contribution < 1.29 is 9.53 Å². The second kappa shape index (κ2) is 10.2. The molecule has 0 saturated carbocycles. The molecule has 0 radical (unpaired) electrons. The number of nitrogens with two attached hydrogens (primary N) is 1. The molecule has 0 atom stereocenters. The van der Waals surface area contributed by atoms with Gasteiger partial charge in [-0.05, 0) is 12.3 Å². The number of carbonyl (C=O) groups is 1. The normalized spacial score (nSPS) is 16.2. The van der Waals surface area contributed by atoms with Gasteiger partial charge < -0.3 is 20.7 Å². The standard InChI is InChI=1S/C12H24N4O2.HI/c1-10(2)3-4-14-12(13)15-9-11(17)16-5-7-18-8-6-16;/h10H,3-9H2,1-2H3,(H3,13,14,15);1H. The lowest BCUT2D eigenvalue weighted by molar-refractivity contribution is -0.133. The van der Waals surface area contributed by atoms with E-state index in [0.29, 0.717) is 38.2 Å². The SMILES string of the molecule is CC(C)CCNC(N)=NCC(=O)N1CCOCC1.I. The minimum absolute atomic E-state index is 0. The molecular weight excluding hydrogens is 359 g/mol. The first-order valence-corrected chi connectivity index (χ1v) is 6.49. The van der Waals surface area contributed by atoms with Gasteiger partial charge in [0.25, 0.3) is 0 Å². The first-order valence-electron chi connectivity index (χ1n) is 6.49. The fraction of sp³-hybridized carbons (Fsp3) is 0.833. The van der Waals surface area contributed by atoms with Crippen molar-refractivity contribution >= 4 is 35.8 Å². The number of aliphatic imine (C=N–C) groups is 1. The van der Waals surface area contributed by atoms with Crippen molar-refractivity contribution in [1.82, 2.24) is 10.2 Å². The molecule has 1 fully saturated rings. The summed E-state index contributed by atoms with van der Waals surface area (Å²) in [6.45, 7) is 7.71. The van der Waals surface area contributed by atoms with E-state index in [2.05, 4.69) is 24.2 Å². The maximum Gasteiger partial charge on any atom is 0.244 e. The molecule has 0 spiro atoms. The first-order chi connectivity index (χ1) is 8.59. The van der Waals surface area contributed by atoms with Gasteiger partial charge in [-0.25, -0.2) is 4.99 Å². The molecule has 1 heterocycles. The maximum absolute atomic E-state index is 11.8. The van der Waals surface area contributed by atoms with Crippen molar-refractivity contribution in [1.29, 1.82) is 0 Å². The molecule has 0 aromatic rings. The summed E-state index contributed by atoms with van der Waals surface area (Å²) >= 11 is 0. The van der Waals surface area contributed by atoms with Gasteiger partial charge in [0.1, 0.15) is 6.54 Å². The third-order valence-corrected chi connectivity index (χ3v) is 2.78. The Kier molecular flexibility index (Phi) is 9.94. The van der Waals surface area contributed by atoms with Crippen LogP contribution in [-0.4, -0.2) is 56.2 Å². The number of amides is 1. The molecule has 0 aliphatic carbocycles. The fourth-order valence-corrected chi connectivity index (χ4v) is 1.61. The molecule has 7 heteroatoms. The Morgan fingerprint density at radius 2 is 2.05 bits per heavy atom. The second-order valence-electron chi connectivity index (χ2n) is 4.80. The third kappa shape index (κ3) is 8.25. The number of morpholine rings is 1. The van der Waals surface area contributed by atoms with E-state index in [1.165, 1.54) is 0 Å². The minimum atomic E-state index is 0. The zero-order valence-electron chi connectivity index (χ0n) is 11.7. The summed E-state index contributed by atoms with van der Waals surface area (Å²) in [5.41, 5.74) is 5.68. The van der Waals surface area contributed by atoms with Gasteiger partial charge >= 0.3 is 0 Å². The van der Waals surface area contributed by atoms with Crippen LogP contribution in [0.5, 0.6) is 0 Å². The van der Waals surface area contributed by atoms with Gasteiger partial charge in [0.2, 0.25) is 5.91 Å². The quantitative estimate of drug-likeness (QED) is 0.409. The lowest BCUT2D eigenvalue weighted by Crippen LogP contribution is -2.42. The van der Waals surface area contributed by atoms with Gasteiger partial charge in [-0.2, -0.15) is 0 Å². The Morgan fingerprint density at radius 1 is 1.42 bits per heavy atom. The van der Waals surface area contributed by atoms with E-state index in [4.69, 9.17) is 10.5 Å². The predicted octanol–water partition coefficient (Wildman–Crippen LogP) is 0.414.